The molecule has 0 aliphatic heterocycles. The van der Waals surface area contributed by atoms with E-state index in [-0.39, 0.29) is 10.8 Å². The molecule has 0 aliphatic carbocycles. The summed E-state index contributed by atoms with van der Waals surface area (Å²) < 4.78 is 28.1. The Hall–Kier alpha value is -0.740. The Kier molecular flexibility index (Phi) is 5.78. The lowest BCUT2D eigenvalue weighted by Crippen LogP contribution is -2.32. The van der Waals surface area contributed by atoms with Gasteiger partial charge in [-0.1, -0.05) is 15.9 Å². The molecule has 0 atom stereocenters. The van der Waals surface area contributed by atoms with E-state index in [0.717, 1.165) is 21.4 Å². The molecule has 1 heterocycles. The SMILES string of the molecule is Cc1cc(NC(=O)CNS(=O)(=O)c2ccc(Br)s2)ccc1Br. The molecule has 0 fully saturated rings. The van der Waals surface area contributed by atoms with E-state index in [2.05, 4.69) is 41.9 Å². The fourth-order valence-electron chi connectivity index (χ4n) is 1.60. The van der Waals surface area contributed by atoms with Gasteiger partial charge in [-0.2, -0.15) is 0 Å². The quantitative estimate of drug-likeness (QED) is 0.706. The molecule has 1 aromatic carbocycles. The molecule has 0 unspecified atom stereocenters. The van der Waals surface area contributed by atoms with Crippen molar-refractivity contribution < 1.29 is 13.2 Å². The van der Waals surface area contributed by atoms with Crippen molar-refractivity contribution in [2.24, 2.45) is 0 Å². The lowest BCUT2D eigenvalue weighted by atomic mass is 10.2. The predicted octanol–water partition coefficient (Wildman–Crippen LogP) is 3.50. The molecule has 9 heteroatoms. The van der Waals surface area contributed by atoms with E-state index in [1.54, 1.807) is 18.2 Å². The Morgan fingerprint density at radius 2 is 1.95 bits per heavy atom. The second kappa shape index (κ2) is 7.22. The normalized spacial score (nSPS) is 11.4. The van der Waals surface area contributed by atoms with Crippen molar-refractivity contribution in [3.05, 3.63) is 44.2 Å². The van der Waals surface area contributed by atoms with Crippen molar-refractivity contribution in [1.82, 2.24) is 4.72 Å². The van der Waals surface area contributed by atoms with Crippen LogP contribution in [0.1, 0.15) is 5.56 Å². The van der Waals surface area contributed by atoms with Crippen LogP contribution in [0.3, 0.4) is 0 Å². The van der Waals surface area contributed by atoms with Gasteiger partial charge in [-0.25, -0.2) is 13.1 Å². The highest BCUT2D eigenvalue weighted by Crippen LogP contribution is 2.25. The van der Waals surface area contributed by atoms with Gasteiger partial charge >= 0.3 is 0 Å². The molecule has 2 N–H and O–H groups in total. The molecular weight excluding hydrogens is 456 g/mol. The van der Waals surface area contributed by atoms with Crippen LogP contribution in [-0.2, 0) is 14.8 Å². The minimum Gasteiger partial charge on any atom is -0.325 e. The number of aryl methyl sites for hydroxylation is 1. The highest BCUT2D eigenvalue weighted by molar-refractivity contribution is 9.11. The molecule has 0 bridgehead atoms. The fourth-order valence-corrected chi connectivity index (χ4v) is 4.88. The molecule has 1 aromatic heterocycles. The van der Waals surface area contributed by atoms with Crippen LogP contribution >= 0.6 is 43.2 Å². The fraction of sp³-hybridized carbons (Fsp3) is 0.154. The van der Waals surface area contributed by atoms with Gasteiger partial charge in [-0.3, -0.25) is 4.79 Å². The smallest absolute Gasteiger partial charge is 0.250 e. The molecule has 0 saturated carbocycles. The van der Waals surface area contributed by atoms with E-state index in [4.69, 9.17) is 0 Å². The zero-order valence-corrected chi connectivity index (χ0v) is 16.2. The van der Waals surface area contributed by atoms with Gasteiger partial charge < -0.3 is 5.32 Å². The maximum Gasteiger partial charge on any atom is 0.250 e. The summed E-state index contributed by atoms with van der Waals surface area (Å²) in [4.78, 5) is 11.8. The second-order valence-corrected chi connectivity index (χ2v) is 9.71. The molecule has 5 nitrogen and oxygen atoms in total. The molecule has 1 amide bonds. The van der Waals surface area contributed by atoms with Gasteiger partial charge in [0.2, 0.25) is 5.91 Å². The largest absolute Gasteiger partial charge is 0.325 e. The second-order valence-electron chi connectivity index (χ2n) is 4.40. The standard InChI is InChI=1S/C13H12Br2N2O3S2/c1-8-6-9(2-3-10(8)14)17-12(18)7-16-22(19,20)13-5-4-11(15)21-13/h2-6,16H,7H2,1H3,(H,17,18). The van der Waals surface area contributed by atoms with Crippen molar-refractivity contribution in [2.45, 2.75) is 11.1 Å². The number of benzene rings is 1. The lowest BCUT2D eigenvalue weighted by Gasteiger charge is -2.08. The van der Waals surface area contributed by atoms with Crippen molar-refractivity contribution in [1.29, 1.82) is 0 Å². The number of rotatable bonds is 5. The first kappa shape index (κ1) is 17.6. The summed E-state index contributed by atoms with van der Waals surface area (Å²) in [7, 11) is -3.67. The minimum atomic E-state index is -3.67. The number of hydrogen-bond donors (Lipinski definition) is 2. The van der Waals surface area contributed by atoms with Crippen LogP contribution in [0.15, 0.2) is 42.8 Å². The van der Waals surface area contributed by atoms with Crippen molar-refractivity contribution >= 4 is 64.8 Å². The first-order chi connectivity index (χ1) is 10.3. The topological polar surface area (TPSA) is 75.3 Å². The molecule has 118 valence electrons. The van der Waals surface area contributed by atoms with Gasteiger partial charge in [0.05, 0.1) is 10.3 Å². The van der Waals surface area contributed by atoms with E-state index in [9.17, 15) is 13.2 Å². The van der Waals surface area contributed by atoms with E-state index in [0.29, 0.717) is 9.47 Å². The third-order valence-corrected chi connectivity index (χ3v) is 7.08. The van der Waals surface area contributed by atoms with Gasteiger partial charge in [0.15, 0.2) is 0 Å². The number of hydrogen-bond acceptors (Lipinski definition) is 4. The van der Waals surface area contributed by atoms with Crippen molar-refractivity contribution in [3.63, 3.8) is 0 Å². The summed E-state index contributed by atoms with van der Waals surface area (Å²) in [5, 5.41) is 2.65. The summed E-state index contributed by atoms with van der Waals surface area (Å²) in [6.07, 6.45) is 0. The first-order valence-electron chi connectivity index (χ1n) is 6.09. The van der Waals surface area contributed by atoms with Gasteiger partial charge in [-0.15, -0.1) is 11.3 Å². The number of thiophene rings is 1. The summed E-state index contributed by atoms with van der Waals surface area (Å²) in [5.74, 6) is -0.430. The monoisotopic (exact) mass is 466 g/mol. The molecule has 2 rings (SSSR count). The molecular formula is C13H12Br2N2O3S2. The first-order valence-corrected chi connectivity index (χ1v) is 9.97. The molecule has 0 spiro atoms. The Morgan fingerprint density at radius 1 is 1.23 bits per heavy atom. The van der Waals surface area contributed by atoms with E-state index in [1.165, 1.54) is 6.07 Å². The minimum absolute atomic E-state index is 0.159. The van der Waals surface area contributed by atoms with Crippen LogP contribution in [-0.4, -0.2) is 20.9 Å². The highest BCUT2D eigenvalue weighted by Gasteiger charge is 2.17. The average molecular weight is 468 g/mol. The highest BCUT2D eigenvalue weighted by atomic mass is 79.9. The maximum atomic E-state index is 12.0. The van der Waals surface area contributed by atoms with E-state index in [1.807, 2.05) is 13.0 Å². The van der Waals surface area contributed by atoms with Crippen LogP contribution < -0.4 is 10.0 Å². The third kappa shape index (κ3) is 4.63. The maximum absolute atomic E-state index is 12.0. The van der Waals surface area contributed by atoms with Crippen LogP contribution in [0.4, 0.5) is 5.69 Å². The van der Waals surface area contributed by atoms with Crippen molar-refractivity contribution in [2.75, 3.05) is 11.9 Å². The van der Waals surface area contributed by atoms with Crippen LogP contribution in [0.5, 0.6) is 0 Å². The summed E-state index contributed by atoms with van der Waals surface area (Å²) in [5.41, 5.74) is 1.59. The number of carbonyl (C=O) groups excluding carboxylic acids is 1. The lowest BCUT2D eigenvalue weighted by molar-refractivity contribution is -0.115. The molecule has 0 aliphatic rings. The predicted molar refractivity (Wildman–Crippen MR) is 94.7 cm³/mol. The summed E-state index contributed by atoms with van der Waals surface area (Å²) >= 11 is 7.66. The molecule has 0 radical (unpaired) electrons. The Labute approximate surface area is 149 Å². The van der Waals surface area contributed by atoms with Crippen LogP contribution in [0.25, 0.3) is 0 Å². The number of halogens is 2. The van der Waals surface area contributed by atoms with Gasteiger partial charge in [0.1, 0.15) is 4.21 Å². The van der Waals surface area contributed by atoms with Crippen LogP contribution in [0.2, 0.25) is 0 Å². The van der Waals surface area contributed by atoms with E-state index >= 15 is 0 Å². The average Bonchev–Trinajstić information content (AvgIpc) is 2.88. The molecule has 2 aromatic rings. The van der Waals surface area contributed by atoms with Gasteiger partial charge in [-0.05, 0) is 58.7 Å². The Bertz CT molecular complexity index is 803. The number of sulfonamides is 1. The summed E-state index contributed by atoms with van der Waals surface area (Å²) in [6.45, 7) is 1.57. The number of amides is 1. The number of nitrogens with one attached hydrogen (secondary N) is 2. The summed E-state index contributed by atoms with van der Waals surface area (Å²) in [6, 6.07) is 8.47. The molecule has 0 saturated heterocycles. The number of carbonyl (C=O) groups is 1. The number of anilines is 1. The molecule has 22 heavy (non-hydrogen) atoms. The third-order valence-electron chi connectivity index (χ3n) is 2.68. The van der Waals surface area contributed by atoms with Crippen molar-refractivity contribution in [3.8, 4) is 0 Å². The van der Waals surface area contributed by atoms with Gasteiger partial charge in [0, 0.05) is 10.2 Å². The Balaban J connectivity index is 1.96. The van der Waals surface area contributed by atoms with Crippen LogP contribution in [0, 0.1) is 6.92 Å². The Morgan fingerprint density at radius 3 is 2.55 bits per heavy atom. The zero-order valence-electron chi connectivity index (χ0n) is 11.4. The zero-order chi connectivity index (χ0) is 16.3. The van der Waals surface area contributed by atoms with E-state index < -0.39 is 15.9 Å². The van der Waals surface area contributed by atoms with Gasteiger partial charge in [0.25, 0.3) is 10.0 Å².